The number of rotatable bonds is 7. The van der Waals surface area contributed by atoms with E-state index in [4.69, 9.17) is 4.74 Å². The van der Waals surface area contributed by atoms with Crippen molar-refractivity contribution in [2.45, 2.75) is 32.9 Å². The summed E-state index contributed by atoms with van der Waals surface area (Å²) in [5.41, 5.74) is 2.21. The summed E-state index contributed by atoms with van der Waals surface area (Å²) in [4.78, 5) is 8.49. The van der Waals surface area contributed by atoms with Crippen molar-refractivity contribution in [3.05, 3.63) is 54.0 Å². The number of hydrogen-bond acceptors (Lipinski definition) is 4. The fraction of sp³-hybridized carbons (Fsp3) is 0.375. The van der Waals surface area contributed by atoms with E-state index < -0.39 is 0 Å². The van der Waals surface area contributed by atoms with E-state index in [1.165, 1.54) is 5.56 Å². The van der Waals surface area contributed by atoms with Gasteiger partial charge >= 0.3 is 0 Å². The van der Waals surface area contributed by atoms with E-state index >= 15 is 0 Å². The number of ether oxygens (including phenoxy) is 1. The Morgan fingerprint density at radius 1 is 1.15 bits per heavy atom. The van der Waals surface area contributed by atoms with Crippen molar-refractivity contribution in [3.63, 3.8) is 0 Å². The molecule has 4 nitrogen and oxygen atoms in total. The van der Waals surface area contributed by atoms with Crippen LogP contribution in [0.4, 0.5) is 0 Å². The molecule has 0 bridgehead atoms. The highest BCUT2D eigenvalue weighted by molar-refractivity contribution is 5.20. The molecule has 2 aromatic heterocycles. The van der Waals surface area contributed by atoms with E-state index in [1.807, 2.05) is 30.3 Å². The molecule has 1 N–H and O–H groups in total. The average molecular weight is 271 g/mol. The molecule has 0 fully saturated rings. The molecule has 0 amide bonds. The van der Waals surface area contributed by atoms with Gasteiger partial charge in [0, 0.05) is 43.2 Å². The molecule has 0 unspecified atom stereocenters. The van der Waals surface area contributed by atoms with Crippen LogP contribution in [-0.4, -0.2) is 22.6 Å². The highest BCUT2D eigenvalue weighted by Crippen LogP contribution is 2.10. The van der Waals surface area contributed by atoms with Crippen LogP contribution in [0.1, 0.15) is 25.1 Å². The predicted octanol–water partition coefficient (Wildman–Crippen LogP) is 2.60. The number of nitrogens with zero attached hydrogens (tertiary/aromatic N) is 2. The summed E-state index contributed by atoms with van der Waals surface area (Å²) in [5.74, 6) is 0.670. The molecule has 0 aromatic carbocycles. The summed E-state index contributed by atoms with van der Waals surface area (Å²) >= 11 is 0. The molecule has 0 spiro atoms. The van der Waals surface area contributed by atoms with Gasteiger partial charge in [0.1, 0.15) is 0 Å². The van der Waals surface area contributed by atoms with Crippen molar-refractivity contribution >= 4 is 0 Å². The third kappa shape index (κ3) is 4.97. The molecule has 0 saturated carbocycles. The summed E-state index contributed by atoms with van der Waals surface area (Å²) in [6.07, 6.45) is 4.37. The van der Waals surface area contributed by atoms with Crippen molar-refractivity contribution in [2.24, 2.45) is 0 Å². The lowest BCUT2D eigenvalue weighted by Gasteiger charge is -2.09. The van der Waals surface area contributed by atoms with Gasteiger partial charge < -0.3 is 10.1 Å². The number of aromatic nitrogens is 2. The van der Waals surface area contributed by atoms with E-state index in [0.29, 0.717) is 18.5 Å². The molecule has 0 saturated heterocycles. The summed E-state index contributed by atoms with van der Waals surface area (Å²) in [6.45, 7) is 5.68. The lowest BCUT2D eigenvalue weighted by atomic mass is 10.2. The fourth-order valence-corrected chi connectivity index (χ4v) is 1.77. The molecular weight excluding hydrogens is 250 g/mol. The van der Waals surface area contributed by atoms with Gasteiger partial charge in [0.05, 0.1) is 6.61 Å². The van der Waals surface area contributed by atoms with Crippen LogP contribution < -0.4 is 10.1 Å². The number of nitrogens with one attached hydrogen (secondary N) is 1. The quantitative estimate of drug-likeness (QED) is 0.841. The Morgan fingerprint density at radius 2 is 2.05 bits per heavy atom. The van der Waals surface area contributed by atoms with Gasteiger partial charge in [-0.2, -0.15) is 0 Å². The highest BCUT2D eigenvalue weighted by Gasteiger charge is 2.00. The first-order valence-corrected chi connectivity index (χ1v) is 6.95. The largest absolute Gasteiger partial charge is 0.477 e. The first kappa shape index (κ1) is 14.5. The van der Waals surface area contributed by atoms with Gasteiger partial charge in [-0.1, -0.05) is 19.9 Å². The molecule has 0 aliphatic carbocycles. The van der Waals surface area contributed by atoms with Gasteiger partial charge in [0.25, 0.3) is 0 Å². The van der Waals surface area contributed by atoms with E-state index in [-0.39, 0.29) is 0 Å². The Morgan fingerprint density at radius 3 is 2.80 bits per heavy atom. The summed E-state index contributed by atoms with van der Waals surface area (Å²) in [5, 5.41) is 3.38. The maximum Gasteiger partial charge on any atom is 0.213 e. The van der Waals surface area contributed by atoms with Crippen LogP contribution in [0.25, 0.3) is 0 Å². The number of hydrogen-bond donors (Lipinski definition) is 1. The molecule has 0 radical (unpaired) electrons. The van der Waals surface area contributed by atoms with Crippen LogP contribution in [-0.2, 0) is 13.0 Å². The maximum atomic E-state index is 5.68. The standard InChI is InChI=1S/C16H21N3O/c1-13(2)19-12-14-6-9-18-16(11-14)20-10-7-15-5-3-4-8-17-15/h3-6,8-9,11,13,19H,7,10,12H2,1-2H3. The summed E-state index contributed by atoms with van der Waals surface area (Å²) in [7, 11) is 0. The topological polar surface area (TPSA) is 47.0 Å². The number of pyridine rings is 2. The predicted molar refractivity (Wildman–Crippen MR) is 79.6 cm³/mol. The van der Waals surface area contributed by atoms with Gasteiger partial charge in [0.15, 0.2) is 0 Å². The first-order chi connectivity index (χ1) is 9.74. The minimum atomic E-state index is 0.469. The molecule has 106 valence electrons. The maximum absolute atomic E-state index is 5.68. The normalized spacial score (nSPS) is 10.8. The molecule has 2 rings (SSSR count). The zero-order valence-electron chi connectivity index (χ0n) is 12.0. The second-order valence-electron chi connectivity index (χ2n) is 4.96. The zero-order chi connectivity index (χ0) is 14.2. The van der Waals surface area contributed by atoms with Crippen LogP contribution in [0.2, 0.25) is 0 Å². The van der Waals surface area contributed by atoms with Crippen molar-refractivity contribution in [3.8, 4) is 5.88 Å². The van der Waals surface area contributed by atoms with Crippen LogP contribution in [0.5, 0.6) is 5.88 Å². The Kier molecular flexibility index (Phi) is 5.50. The van der Waals surface area contributed by atoms with Crippen LogP contribution >= 0.6 is 0 Å². The summed E-state index contributed by atoms with van der Waals surface area (Å²) in [6, 6.07) is 10.3. The fourth-order valence-electron chi connectivity index (χ4n) is 1.77. The lowest BCUT2D eigenvalue weighted by Crippen LogP contribution is -2.21. The molecule has 20 heavy (non-hydrogen) atoms. The van der Waals surface area contributed by atoms with E-state index in [0.717, 1.165) is 18.7 Å². The minimum Gasteiger partial charge on any atom is -0.477 e. The molecule has 2 heterocycles. The van der Waals surface area contributed by atoms with Gasteiger partial charge in [-0.05, 0) is 23.8 Å². The monoisotopic (exact) mass is 271 g/mol. The molecule has 0 aliphatic heterocycles. The van der Waals surface area contributed by atoms with Crippen LogP contribution in [0.15, 0.2) is 42.7 Å². The van der Waals surface area contributed by atoms with Crippen molar-refractivity contribution in [1.29, 1.82) is 0 Å². The lowest BCUT2D eigenvalue weighted by molar-refractivity contribution is 0.307. The second kappa shape index (κ2) is 7.60. The van der Waals surface area contributed by atoms with Crippen molar-refractivity contribution < 1.29 is 4.74 Å². The Hall–Kier alpha value is -1.94. The Balaban J connectivity index is 1.82. The molecule has 4 heteroatoms. The molecular formula is C16H21N3O. The Labute approximate surface area is 120 Å². The van der Waals surface area contributed by atoms with Gasteiger partial charge in [-0.25, -0.2) is 4.98 Å². The summed E-state index contributed by atoms with van der Waals surface area (Å²) < 4.78 is 5.68. The van der Waals surface area contributed by atoms with Crippen molar-refractivity contribution in [1.82, 2.24) is 15.3 Å². The smallest absolute Gasteiger partial charge is 0.213 e. The van der Waals surface area contributed by atoms with Crippen LogP contribution in [0, 0.1) is 0 Å². The molecule has 0 aliphatic rings. The van der Waals surface area contributed by atoms with E-state index in [9.17, 15) is 0 Å². The zero-order valence-corrected chi connectivity index (χ0v) is 12.0. The third-order valence-corrected chi connectivity index (χ3v) is 2.85. The van der Waals surface area contributed by atoms with Gasteiger partial charge in [-0.15, -0.1) is 0 Å². The minimum absolute atomic E-state index is 0.469. The van der Waals surface area contributed by atoms with Gasteiger partial charge in [0.2, 0.25) is 5.88 Å². The van der Waals surface area contributed by atoms with Gasteiger partial charge in [-0.3, -0.25) is 4.98 Å². The third-order valence-electron chi connectivity index (χ3n) is 2.85. The highest BCUT2D eigenvalue weighted by atomic mass is 16.5. The first-order valence-electron chi connectivity index (χ1n) is 6.95. The van der Waals surface area contributed by atoms with Crippen molar-refractivity contribution in [2.75, 3.05) is 6.61 Å². The molecule has 2 aromatic rings. The molecule has 0 atom stereocenters. The van der Waals surface area contributed by atoms with Crippen LogP contribution in [0.3, 0.4) is 0 Å². The average Bonchev–Trinajstić information content (AvgIpc) is 2.47. The second-order valence-corrected chi connectivity index (χ2v) is 4.96. The van der Waals surface area contributed by atoms with E-state index in [1.54, 1.807) is 12.4 Å². The van der Waals surface area contributed by atoms with E-state index in [2.05, 4.69) is 29.1 Å². The SMILES string of the molecule is CC(C)NCc1ccnc(OCCc2ccccn2)c1. The Bertz CT molecular complexity index is 514.